The summed E-state index contributed by atoms with van der Waals surface area (Å²) in [5.74, 6) is 0.0558. The van der Waals surface area contributed by atoms with Crippen LogP contribution < -0.4 is 15.4 Å². The van der Waals surface area contributed by atoms with Crippen molar-refractivity contribution in [2.24, 2.45) is 0 Å². The van der Waals surface area contributed by atoms with Crippen molar-refractivity contribution < 1.29 is 19.1 Å². The first kappa shape index (κ1) is 17.6. The van der Waals surface area contributed by atoms with Crippen molar-refractivity contribution in [1.82, 2.24) is 20.3 Å². The summed E-state index contributed by atoms with van der Waals surface area (Å²) in [5.41, 5.74) is 1.16. The molecule has 24 heavy (non-hydrogen) atoms. The highest BCUT2D eigenvalue weighted by molar-refractivity contribution is 7.10. The first-order chi connectivity index (χ1) is 11.4. The van der Waals surface area contributed by atoms with Gasteiger partial charge in [0.05, 0.1) is 19.8 Å². The number of carbonyl (C=O) groups is 2. The van der Waals surface area contributed by atoms with Gasteiger partial charge >= 0.3 is 18.0 Å². The van der Waals surface area contributed by atoms with E-state index >= 15 is 0 Å². The molecule has 0 unspecified atom stereocenters. The molecule has 2 rings (SSSR count). The van der Waals surface area contributed by atoms with Crippen molar-refractivity contribution in [3.05, 3.63) is 27.2 Å². The fraction of sp³-hybridized carbons (Fsp3) is 0.357. The Morgan fingerprint density at radius 3 is 2.62 bits per heavy atom. The normalized spacial score (nSPS) is 10.2. The Morgan fingerprint density at radius 1 is 1.21 bits per heavy atom. The van der Waals surface area contributed by atoms with Gasteiger partial charge in [-0.15, -0.1) is 11.3 Å². The van der Waals surface area contributed by atoms with Gasteiger partial charge in [0, 0.05) is 16.8 Å². The molecular weight excluding hydrogens is 334 g/mol. The minimum Gasteiger partial charge on any atom is -0.467 e. The third-order valence-corrected chi connectivity index (χ3v) is 4.02. The molecule has 0 aliphatic heterocycles. The van der Waals surface area contributed by atoms with Crippen LogP contribution in [0, 0.1) is 13.8 Å². The molecule has 2 aromatic heterocycles. The molecule has 2 N–H and O–H groups in total. The molecule has 2 heterocycles. The second-order valence-corrected chi connectivity index (χ2v) is 5.76. The van der Waals surface area contributed by atoms with E-state index in [1.54, 1.807) is 12.3 Å². The van der Waals surface area contributed by atoms with Crippen molar-refractivity contribution in [3.8, 4) is 6.01 Å². The summed E-state index contributed by atoms with van der Waals surface area (Å²) in [6, 6.07) is -0.400. The van der Waals surface area contributed by atoms with Gasteiger partial charge in [-0.3, -0.25) is 5.32 Å². The second kappa shape index (κ2) is 7.68. The van der Waals surface area contributed by atoms with Gasteiger partial charge in [0.1, 0.15) is 5.82 Å². The lowest BCUT2D eigenvalue weighted by Crippen LogP contribution is -2.30. The highest BCUT2D eigenvalue weighted by Gasteiger charge is 2.17. The zero-order chi connectivity index (χ0) is 17.7. The molecule has 0 aliphatic rings. The molecule has 0 fully saturated rings. The van der Waals surface area contributed by atoms with Crippen molar-refractivity contribution in [2.45, 2.75) is 20.4 Å². The number of nitrogens with one attached hydrogen (secondary N) is 2. The van der Waals surface area contributed by atoms with Crippen LogP contribution in [0.4, 0.5) is 10.7 Å². The van der Waals surface area contributed by atoms with E-state index in [1.807, 2.05) is 6.92 Å². The number of ether oxygens (including phenoxy) is 2. The fourth-order valence-corrected chi connectivity index (χ4v) is 2.76. The summed E-state index contributed by atoms with van der Waals surface area (Å²) >= 11 is 1.42. The van der Waals surface area contributed by atoms with E-state index < -0.39 is 12.0 Å². The van der Waals surface area contributed by atoms with Crippen LogP contribution in [0.1, 0.15) is 26.6 Å². The maximum atomic E-state index is 12.0. The van der Waals surface area contributed by atoms with Gasteiger partial charge in [-0.1, -0.05) is 0 Å². The number of anilines is 1. The number of rotatable bonds is 5. The molecule has 0 aliphatic carbocycles. The Bertz CT molecular complexity index is 762. The topological polar surface area (TPSA) is 115 Å². The minimum absolute atomic E-state index is 0.0760. The maximum Gasteiger partial charge on any atom is 0.339 e. The Balaban J connectivity index is 2.03. The summed E-state index contributed by atoms with van der Waals surface area (Å²) in [6.45, 7) is 3.70. The maximum absolute atomic E-state index is 12.0. The van der Waals surface area contributed by atoms with E-state index in [0.717, 1.165) is 4.88 Å². The van der Waals surface area contributed by atoms with Crippen LogP contribution in [0.15, 0.2) is 5.38 Å². The van der Waals surface area contributed by atoms with E-state index in [1.165, 1.54) is 25.6 Å². The van der Waals surface area contributed by atoms with Crippen LogP contribution in [-0.4, -0.2) is 41.2 Å². The summed E-state index contributed by atoms with van der Waals surface area (Å²) in [6.07, 6.45) is 0. The number of hydrogen-bond donors (Lipinski definition) is 2. The first-order valence-corrected chi connectivity index (χ1v) is 7.79. The number of methoxy groups -OCH3 is 2. The monoisotopic (exact) mass is 351 g/mol. The Morgan fingerprint density at radius 2 is 1.96 bits per heavy atom. The molecule has 128 valence electrons. The second-order valence-electron chi connectivity index (χ2n) is 4.68. The quantitative estimate of drug-likeness (QED) is 0.787. The van der Waals surface area contributed by atoms with Gasteiger partial charge in [-0.2, -0.15) is 15.0 Å². The number of aryl methyl sites for hydroxylation is 2. The lowest BCUT2D eigenvalue weighted by atomic mass is 10.1. The third-order valence-electron chi connectivity index (χ3n) is 3.07. The first-order valence-electron chi connectivity index (χ1n) is 6.91. The zero-order valence-electron chi connectivity index (χ0n) is 13.7. The van der Waals surface area contributed by atoms with Crippen LogP contribution >= 0.6 is 11.3 Å². The van der Waals surface area contributed by atoms with Crippen molar-refractivity contribution in [2.75, 3.05) is 19.5 Å². The number of nitrogens with zero attached hydrogens (tertiary/aromatic N) is 3. The van der Waals surface area contributed by atoms with Crippen molar-refractivity contribution >= 4 is 29.3 Å². The zero-order valence-corrected chi connectivity index (χ0v) is 14.5. The standard InChI is InChI=1S/C14H17N5O4S/c1-7-9(10(6-24-7)11(20)22-3)5-15-13(21)18-12-16-8(2)17-14(19-12)23-4/h6H,5H2,1-4H3,(H2,15,16,17,18,19,21). The largest absolute Gasteiger partial charge is 0.467 e. The molecule has 10 heteroatoms. The highest BCUT2D eigenvalue weighted by Crippen LogP contribution is 2.22. The number of urea groups is 1. The van der Waals surface area contributed by atoms with Gasteiger partial charge in [0.25, 0.3) is 0 Å². The number of aromatic nitrogens is 3. The van der Waals surface area contributed by atoms with E-state index in [2.05, 4.69) is 25.6 Å². The number of esters is 1. The molecule has 2 aromatic rings. The molecule has 0 saturated carbocycles. The predicted octanol–water partition coefficient (Wildman–Crippen LogP) is 1.67. The number of thiophene rings is 1. The van der Waals surface area contributed by atoms with Gasteiger partial charge in [-0.05, 0) is 19.4 Å². The molecule has 0 atom stereocenters. The molecular formula is C14H17N5O4S. The number of amides is 2. The molecule has 0 bridgehead atoms. The molecule has 0 aromatic carbocycles. The number of hydrogen-bond acceptors (Lipinski definition) is 8. The lowest BCUT2D eigenvalue weighted by Gasteiger charge is -2.09. The van der Waals surface area contributed by atoms with Crippen LogP contribution in [-0.2, 0) is 11.3 Å². The number of carbonyl (C=O) groups excluding carboxylic acids is 2. The Kier molecular flexibility index (Phi) is 5.64. The van der Waals surface area contributed by atoms with Crippen LogP contribution in [0.3, 0.4) is 0 Å². The molecule has 0 spiro atoms. The summed E-state index contributed by atoms with van der Waals surface area (Å²) in [5, 5.41) is 6.86. The van der Waals surface area contributed by atoms with Gasteiger partial charge in [0.2, 0.25) is 5.95 Å². The summed E-state index contributed by atoms with van der Waals surface area (Å²) in [7, 11) is 2.74. The van der Waals surface area contributed by atoms with E-state index in [-0.39, 0.29) is 18.5 Å². The Hall–Kier alpha value is -2.75. The average molecular weight is 351 g/mol. The van der Waals surface area contributed by atoms with Crippen molar-refractivity contribution in [1.29, 1.82) is 0 Å². The predicted molar refractivity (Wildman–Crippen MR) is 87.4 cm³/mol. The van der Waals surface area contributed by atoms with Gasteiger partial charge in [-0.25, -0.2) is 9.59 Å². The smallest absolute Gasteiger partial charge is 0.339 e. The molecule has 9 nitrogen and oxygen atoms in total. The van der Waals surface area contributed by atoms with E-state index in [0.29, 0.717) is 17.0 Å². The Labute approximate surface area is 142 Å². The fourth-order valence-electron chi connectivity index (χ4n) is 1.90. The molecule has 0 saturated heterocycles. The van der Waals surface area contributed by atoms with Crippen molar-refractivity contribution in [3.63, 3.8) is 0 Å². The minimum atomic E-state index is -0.510. The SMILES string of the molecule is COC(=O)c1csc(C)c1CNC(=O)Nc1nc(C)nc(OC)n1. The van der Waals surface area contributed by atoms with E-state index in [9.17, 15) is 9.59 Å². The average Bonchev–Trinajstić information content (AvgIpc) is 2.92. The highest BCUT2D eigenvalue weighted by atomic mass is 32.1. The third kappa shape index (κ3) is 4.16. The molecule has 0 radical (unpaired) electrons. The van der Waals surface area contributed by atoms with Crippen LogP contribution in [0.25, 0.3) is 0 Å². The molecule has 2 amide bonds. The summed E-state index contributed by atoms with van der Waals surface area (Å²) < 4.78 is 9.65. The summed E-state index contributed by atoms with van der Waals surface area (Å²) in [4.78, 5) is 36.5. The lowest BCUT2D eigenvalue weighted by molar-refractivity contribution is 0.0600. The van der Waals surface area contributed by atoms with E-state index in [4.69, 9.17) is 9.47 Å². The van der Waals surface area contributed by atoms with Crippen LogP contribution in [0.5, 0.6) is 6.01 Å². The van der Waals surface area contributed by atoms with Gasteiger partial charge < -0.3 is 14.8 Å². The van der Waals surface area contributed by atoms with Gasteiger partial charge in [0.15, 0.2) is 0 Å². The van der Waals surface area contributed by atoms with Crippen LogP contribution in [0.2, 0.25) is 0 Å².